The molecule has 2 aromatic rings. The highest BCUT2D eigenvalue weighted by molar-refractivity contribution is 5.89. The van der Waals surface area contributed by atoms with Gasteiger partial charge in [-0.25, -0.2) is 0 Å². The van der Waals surface area contributed by atoms with Crippen molar-refractivity contribution in [3.8, 4) is 0 Å². The lowest BCUT2D eigenvalue weighted by atomic mass is 10.1. The van der Waals surface area contributed by atoms with Crippen LogP contribution in [-0.2, 0) is 24.8 Å². The van der Waals surface area contributed by atoms with Gasteiger partial charge in [-0.2, -0.15) is 0 Å². The number of nitrogens with one attached hydrogen (secondary N) is 2. The fourth-order valence-corrected chi connectivity index (χ4v) is 1.94. The molecule has 0 atom stereocenters. The first kappa shape index (κ1) is 14.2. The molecule has 1 aromatic carbocycles. The van der Waals surface area contributed by atoms with Crippen LogP contribution in [-0.4, -0.2) is 27.2 Å². The van der Waals surface area contributed by atoms with E-state index >= 15 is 0 Å². The number of carbonyl (C=O) groups is 1. The van der Waals surface area contributed by atoms with Gasteiger partial charge in [-0.15, -0.1) is 10.2 Å². The predicted octanol–water partition coefficient (Wildman–Crippen LogP) is 1.11. The Morgan fingerprint density at radius 2 is 2.15 bits per heavy atom. The van der Waals surface area contributed by atoms with E-state index in [4.69, 9.17) is 0 Å². The number of nitrogens with zero attached hydrogens (tertiary/aromatic N) is 3. The Morgan fingerprint density at radius 3 is 2.85 bits per heavy atom. The maximum atomic E-state index is 11.1. The van der Waals surface area contributed by atoms with E-state index in [1.54, 1.807) is 6.33 Å². The Bertz CT molecular complexity index is 578. The molecule has 106 valence electrons. The van der Waals surface area contributed by atoms with Gasteiger partial charge in [-0.3, -0.25) is 4.79 Å². The molecule has 6 nitrogen and oxygen atoms in total. The molecular weight excluding hydrogens is 254 g/mol. The fourth-order valence-electron chi connectivity index (χ4n) is 1.94. The average molecular weight is 273 g/mol. The maximum Gasteiger partial charge on any atom is 0.221 e. The smallest absolute Gasteiger partial charge is 0.221 e. The van der Waals surface area contributed by atoms with Crippen LogP contribution in [0.5, 0.6) is 0 Å². The van der Waals surface area contributed by atoms with Crippen LogP contribution < -0.4 is 10.6 Å². The highest BCUT2D eigenvalue weighted by Gasteiger charge is 2.04. The Kier molecular flexibility index (Phi) is 4.84. The molecule has 0 spiro atoms. The summed E-state index contributed by atoms with van der Waals surface area (Å²) in [6, 6.07) is 7.78. The van der Waals surface area contributed by atoms with Crippen LogP contribution in [0.1, 0.15) is 18.3 Å². The first-order chi connectivity index (χ1) is 9.66. The van der Waals surface area contributed by atoms with Gasteiger partial charge in [0, 0.05) is 39.2 Å². The number of carbonyl (C=O) groups excluding carboxylic acids is 1. The molecule has 1 amide bonds. The molecule has 0 unspecified atom stereocenters. The van der Waals surface area contributed by atoms with Crippen LogP contribution in [0.3, 0.4) is 0 Å². The zero-order valence-corrected chi connectivity index (χ0v) is 11.8. The first-order valence-corrected chi connectivity index (χ1v) is 6.56. The van der Waals surface area contributed by atoms with Gasteiger partial charge in [0.05, 0.1) is 0 Å². The minimum absolute atomic E-state index is 0.0588. The normalized spacial score (nSPS) is 10.5. The van der Waals surface area contributed by atoms with E-state index in [2.05, 4.69) is 20.8 Å². The van der Waals surface area contributed by atoms with Crippen molar-refractivity contribution in [2.24, 2.45) is 7.05 Å². The second kappa shape index (κ2) is 6.81. The lowest BCUT2D eigenvalue weighted by Gasteiger charge is -2.10. The average Bonchev–Trinajstić information content (AvgIpc) is 2.81. The van der Waals surface area contributed by atoms with Crippen molar-refractivity contribution in [3.63, 3.8) is 0 Å². The minimum atomic E-state index is -0.0588. The summed E-state index contributed by atoms with van der Waals surface area (Å²) < 4.78 is 1.91. The molecule has 0 bridgehead atoms. The van der Waals surface area contributed by atoms with Gasteiger partial charge in [-0.1, -0.05) is 18.2 Å². The van der Waals surface area contributed by atoms with Crippen molar-refractivity contribution >= 4 is 11.6 Å². The number of para-hydroxylation sites is 1. The molecule has 1 aromatic heterocycles. The molecule has 0 aliphatic carbocycles. The van der Waals surface area contributed by atoms with Crippen LogP contribution >= 0.6 is 0 Å². The molecule has 0 saturated heterocycles. The van der Waals surface area contributed by atoms with Crippen molar-refractivity contribution in [2.45, 2.75) is 19.9 Å². The Balaban J connectivity index is 1.85. The molecule has 0 fully saturated rings. The summed E-state index contributed by atoms with van der Waals surface area (Å²) in [5.74, 6) is 0.893. The van der Waals surface area contributed by atoms with Gasteiger partial charge in [0.2, 0.25) is 5.91 Å². The number of aryl methyl sites for hydroxylation is 1. The zero-order chi connectivity index (χ0) is 14.4. The summed E-state index contributed by atoms with van der Waals surface area (Å²) in [6.45, 7) is 3.02. The third kappa shape index (κ3) is 3.89. The van der Waals surface area contributed by atoms with Gasteiger partial charge >= 0.3 is 0 Å². The van der Waals surface area contributed by atoms with Crippen LogP contribution in [0.2, 0.25) is 0 Å². The van der Waals surface area contributed by atoms with Gasteiger partial charge in [0.25, 0.3) is 0 Å². The fraction of sp³-hybridized carbons (Fsp3) is 0.357. The second-order valence-corrected chi connectivity index (χ2v) is 4.62. The largest absolute Gasteiger partial charge is 0.326 e. The number of benzene rings is 1. The van der Waals surface area contributed by atoms with Crippen molar-refractivity contribution in [1.82, 2.24) is 20.1 Å². The summed E-state index contributed by atoms with van der Waals surface area (Å²) in [5, 5.41) is 14.1. The monoisotopic (exact) mass is 273 g/mol. The van der Waals surface area contributed by atoms with Crippen LogP contribution in [0.4, 0.5) is 5.69 Å². The summed E-state index contributed by atoms with van der Waals surface area (Å²) >= 11 is 0. The van der Waals surface area contributed by atoms with E-state index in [9.17, 15) is 4.79 Å². The van der Waals surface area contributed by atoms with E-state index in [-0.39, 0.29) is 5.91 Å². The second-order valence-electron chi connectivity index (χ2n) is 4.62. The lowest BCUT2D eigenvalue weighted by molar-refractivity contribution is -0.114. The molecule has 0 radical (unpaired) electrons. The summed E-state index contributed by atoms with van der Waals surface area (Å²) in [6.07, 6.45) is 2.51. The van der Waals surface area contributed by atoms with E-state index < -0.39 is 0 Å². The van der Waals surface area contributed by atoms with E-state index in [1.165, 1.54) is 6.92 Å². The molecule has 0 aliphatic rings. The Hall–Kier alpha value is -2.21. The molecule has 20 heavy (non-hydrogen) atoms. The predicted molar refractivity (Wildman–Crippen MR) is 77.2 cm³/mol. The van der Waals surface area contributed by atoms with E-state index in [1.807, 2.05) is 35.9 Å². The van der Waals surface area contributed by atoms with Crippen LogP contribution in [0.25, 0.3) is 0 Å². The van der Waals surface area contributed by atoms with Gasteiger partial charge in [0.15, 0.2) is 0 Å². The Labute approximate surface area is 118 Å². The van der Waals surface area contributed by atoms with Crippen LogP contribution in [0.15, 0.2) is 30.6 Å². The quantitative estimate of drug-likeness (QED) is 0.773. The number of aromatic nitrogens is 3. The molecule has 2 rings (SSSR count). The summed E-state index contributed by atoms with van der Waals surface area (Å²) in [4.78, 5) is 11.1. The molecule has 0 saturated carbocycles. The highest BCUT2D eigenvalue weighted by Crippen LogP contribution is 2.14. The topological polar surface area (TPSA) is 71.8 Å². The molecule has 2 N–H and O–H groups in total. The number of rotatable bonds is 6. The number of hydrogen-bond acceptors (Lipinski definition) is 4. The van der Waals surface area contributed by atoms with Crippen molar-refractivity contribution in [2.75, 3.05) is 11.9 Å². The highest BCUT2D eigenvalue weighted by atomic mass is 16.1. The minimum Gasteiger partial charge on any atom is -0.326 e. The van der Waals surface area contributed by atoms with Crippen molar-refractivity contribution in [1.29, 1.82) is 0 Å². The molecule has 6 heteroatoms. The Morgan fingerprint density at radius 1 is 1.35 bits per heavy atom. The standard InChI is InChI=1S/C14H19N5O/c1-11(20)17-13-6-4-3-5-12(13)9-15-8-7-14-18-16-10-19(14)2/h3-6,10,15H,7-9H2,1-2H3,(H,17,20). The summed E-state index contributed by atoms with van der Waals surface area (Å²) in [7, 11) is 1.93. The van der Waals surface area contributed by atoms with Gasteiger partial charge < -0.3 is 15.2 Å². The van der Waals surface area contributed by atoms with E-state index in [0.29, 0.717) is 6.54 Å². The third-order valence-electron chi connectivity index (χ3n) is 2.97. The molecule has 0 aliphatic heterocycles. The first-order valence-electron chi connectivity index (χ1n) is 6.56. The van der Waals surface area contributed by atoms with Gasteiger partial charge in [0.1, 0.15) is 12.2 Å². The third-order valence-corrected chi connectivity index (χ3v) is 2.97. The van der Waals surface area contributed by atoms with E-state index in [0.717, 1.165) is 30.0 Å². The SMILES string of the molecule is CC(=O)Nc1ccccc1CNCCc1nncn1C. The summed E-state index contributed by atoms with van der Waals surface area (Å²) in [5.41, 5.74) is 1.92. The number of anilines is 1. The number of amides is 1. The van der Waals surface area contributed by atoms with Crippen molar-refractivity contribution in [3.05, 3.63) is 42.0 Å². The van der Waals surface area contributed by atoms with Gasteiger partial charge in [-0.05, 0) is 11.6 Å². The maximum absolute atomic E-state index is 11.1. The van der Waals surface area contributed by atoms with Crippen molar-refractivity contribution < 1.29 is 4.79 Å². The number of hydrogen-bond donors (Lipinski definition) is 2. The lowest BCUT2D eigenvalue weighted by Crippen LogP contribution is -2.19. The zero-order valence-electron chi connectivity index (χ0n) is 11.8. The molecule has 1 heterocycles. The molecular formula is C14H19N5O. The van der Waals surface area contributed by atoms with Crippen LogP contribution in [0, 0.1) is 0 Å².